The maximum atomic E-state index is 13.9. The number of rotatable bonds is 4. The van der Waals surface area contributed by atoms with Crippen LogP contribution in [-0.4, -0.2) is 56.6 Å². The molecule has 0 spiro atoms. The van der Waals surface area contributed by atoms with E-state index in [9.17, 15) is 18.0 Å². The smallest absolute Gasteiger partial charge is 0.269 e. The molecule has 10 nitrogen and oxygen atoms in total. The van der Waals surface area contributed by atoms with Gasteiger partial charge in [-0.15, -0.1) is 0 Å². The Morgan fingerprint density at radius 2 is 1.78 bits per heavy atom. The Balaban J connectivity index is 1.99. The molecule has 0 aliphatic rings. The summed E-state index contributed by atoms with van der Waals surface area (Å²) < 4.78 is 32.4. The molecule has 0 aliphatic heterocycles. The normalized spacial score (nSPS) is 11.9. The summed E-state index contributed by atoms with van der Waals surface area (Å²) in [5.74, 6) is -0.456. The number of carbonyl (C=O) groups excluding carboxylic acids is 1. The highest BCUT2D eigenvalue weighted by Crippen LogP contribution is 2.42. The van der Waals surface area contributed by atoms with Gasteiger partial charge in [-0.1, -0.05) is 18.2 Å². The Morgan fingerprint density at radius 1 is 1.08 bits per heavy atom. The highest BCUT2D eigenvalue weighted by atomic mass is 79.9. The summed E-state index contributed by atoms with van der Waals surface area (Å²) in [7, 11) is 2.32. The minimum atomic E-state index is -4.10. The number of amides is 1. The van der Waals surface area contributed by atoms with Crippen LogP contribution in [0.3, 0.4) is 0 Å². The number of fused-ring (bicyclic) bond motifs is 3. The summed E-state index contributed by atoms with van der Waals surface area (Å²) >= 11 is 3.62. The zero-order chi connectivity index (χ0) is 25.9. The number of hydrogen-bond acceptors (Lipinski definition) is 6. The van der Waals surface area contributed by atoms with Crippen molar-refractivity contribution in [3.05, 3.63) is 75.4 Å². The van der Waals surface area contributed by atoms with Crippen molar-refractivity contribution in [3.8, 4) is 11.3 Å². The molecular weight excluding hydrogens is 548 g/mol. The van der Waals surface area contributed by atoms with Crippen LogP contribution in [0.15, 0.2) is 69.2 Å². The minimum Gasteiger partial charge on any atom is -0.345 e. The fourth-order valence-electron chi connectivity index (χ4n) is 4.21. The molecular formula is C24H21BrN6O4S. The minimum absolute atomic E-state index is 0.0315. The van der Waals surface area contributed by atoms with Gasteiger partial charge in [-0.25, -0.2) is 17.4 Å². The largest absolute Gasteiger partial charge is 0.345 e. The van der Waals surface area contributed by atoms with Crippen LogP contribution in [0.5, 0.6) is 0 Å². The van der Waals surface area contributed by atoms with Crippen LogP contribution in [0, 0.1) is 0 Å². The fourth-order valence-corrected chi connectivity index (χ4v) is 6.64. The molecule has 184 valence electrons. The van der Waals surface area contributed by atoms with E-state index in [1.54, 1.807) is 63.5 Å². The molecule has 0 saturated heterocycles. The van der Waals surface area contributed by atoms with E-state index in [4.69, 9.17) is 0 Å². The molecule has 12 heteroatoms. The quantitative estimate of drug-likeness (QED) is 0.329. The van der Waals surface area contributed by atoms with Crippen molar-refractivity contribution in [2.24, 2.45) is 14.1 Å². The molecule has 36 heavy (non-hydrogen) atoms. The second kappa shape index (κ2) is 8.42. The SMILES string of the molecule is CN(C)C(=O)c1cc2c3c(Br)c(-c4cnn(C)c4)n(S(=O)(=O)c4ccccc4)c3ncc2n(C)c1=O. The van der Waals surface area contributed by atoms with Crippen molar-refractivity contribution in [1.29, 1.82) is 0 Å². The molecule has 0 fully saturated rings. The topological polar surface area (TPSA) is 112 Å². The Labute approximate surface area is 214 Å². The second-order valence-corrected chi connectivity index (χ2v) is 11.1. The number of pyridine rings is 2. The summed E-state index contributed by atoms with van der Waals surface area (Å²) in [5, 5.41) is 5.18. The molecule has 0 atom stereocenters. The van der Waals surface area contributed by atoms with Crippen LogP contribution < -0.4 is 5.56 Å². The first kappa shape index (κ1) is 23.9. The Bertz CT molecular complexity index is 1850. The fraction of sp³-hybridized carbons (Fsp3) is 0.167. The lowest BCUT2D eigenvalue weighted by Gasteiger charge is -2.13. The van der Waals surface area contributed by atoms with Crippen LogP contribution in [0.2, 0.25) is 0 Å². The molecule has 1 amide bonds. The zero-order valence-corrected chi connectivity index (χ0v) is 22.2. The first-order valence-corrected chi connectivity index (χ1v) is 13.0. The monoisotopic (exact) mass is 568 g/mol. The van der Waals surface area contributed by atoms with Crippen molar-refractivity contribution in [3.63, 3.8) is 0 Å². The number of aromatic nitrogens is 5. The van der Waals surface area contributed by atoms with E-state index in [1.807, 2.05) is 0 Å². The van der Waals surface area contributed by atoms with Gasteiger partial charge in [0.25, 0.3) is 21.5 Å². The van der Waals surface area contributed by atoms with E-state index in [-0.39, 0.29) is 16.1 Å². The van der Waals surface area contributed by atoms with Gasteiger partial charge < -0.3 is 9.47 Å². The van der Waals surface area contributed by atoms with Crippen molar-refractivity contribution in [1.82, 2.24) is 28.2 Å². The molecule has 4 heterocycles. The number of hydrogen-bond donors (Lipinski definition) is 0. The Kier molecular flexibility index (Phi) is 5.60. The Hall–Kier alpha value is -3.77. The van der Waals surface area contributed by atoms with Crippen LogP contribution in [0.25, 0.3) is 33.2 Å². The number of carbonyl (C=O) groups is 1. The molecule has 0 saturated carbocycles. The van der Waals surface area contributed by atoms with Gasteiger partial charge in [0.2, 0.25) is 0 Å². The standard InChI is InChI=1S/C24H21BrN6O4S/c1-28(2)23(32)17-10-16-18(30(4)24(17)33)12-26-22-19(16)20(25)21(14-11-27-29(3)13-14)31(22)36(34,35)15-8-6-5-7-9-15/h5-13H,1-4H3. The predicted octanol–water partition coefficient (Wildman–Crippen LogP) is 2.99. The lowest BCUT2D eigenvalue weighted by molar-refractivity contribution is 0.0825. The van der Waals surface area contributed by atoms with Gasteiger partial charge in [0.05, 0.1) is 33.0 Å². The van der Waals surface area contributed by atoms with Gasteiger partial charge in [-0.3, -0.25) is 14.3 Å². The first-order valence-electron chi connectivity index (χ1n) is 10.8. The van der Waals surface area contributed by atoms with E-state index in [2.05, 4.69) is 26.0 Å². The average Bonchev–Trinajstić information content (AvgIpc) is 3.42. The van der Waals surface area contributed by atoms with Crippen LogP contribution >= 0.6 is 15.9 Å². The highest BCUT2D eigenvalue weighted by molar-refractivity contribution is 9.10. The van der Waals surface area contributed by atoms with E-state index in [0.717, 1.165) is 0 Å². The molecule has 4 aromatic heterocycles. The number of benzene rings is 1. The Morgan fingerprint density at radius 3 is 2.39 bits per heavy atom. The molecule has 5 aromatic rings. The molecule has 0 unspecified atom stereocenters. The molecule has 0 N–H and O–H groups in total. The van der Waals surface area contributed by atoms with E-state index in [0.29, 0.717) is 32.0 Å². The van der Waals surface area contributed by atoms with E-state index >= 15 is 0 Å². The summed E-state index contributed by atoms with van der Waals surface area (Å²) in [6.07, 6.45) is 4.71. The van der Waals surface area contributed by atoms with Gasteiger partial charge in [-0.05, 0) is 34.1 Å². The summed E-state index contributed by atoms with van der Waals surface area (Å²) in [4.78, 5) is 31.7. The number of aryl methyl sites for hydroxylation is 2. The van der Waals surface area contributed by atoms with Gasteiger partial charge in [0.15, 0.2) is 5.65 Å². The molecule has 5 rings (SSSR count). The second-order valence-electron chi connectivity index (χ2n) is 8.53. The highest BCUT2D eigenvalue weighted by Gasteiger charge is 2.30. The number of nitrogens with zero attached hydrogens (tertiary/aromatic N) is 6. The van der Waals surface area contributed by atoms with Crippen molar-refractivity contribution in [2.75, 3.05) is 14.1 Å². The lowest BCUT2D eigenvalue weighted by Crippen LogP contribution is -2.31. The predicted molar refractivity (Wildman–Crippen MR) is 139 cm³/mol. The van der Waals surface area contributed by atoms with Gasteiger partial charge in [0, 0.05) is 50.7 Å². The van der Waals surface area contributed by atoms with Crippen LogP contribution in [-0.2, 0) is 24.1 Å². The summed E-state index contributed by atoms with van der Waals surface area (Å²) in [6, 6.07) is 9.56. The van der Waals surface area contributed by atoms with Gasteiger partial charge >= 0.3 is 0 Å². The summed E-state index contributed by atoms with van der Waals surface area (Å²) in [5.41, 5.74) is 0.980. The number of halogens is 1. The third-order valence-corrected chi connectivity index (χ3v) is 8.46. The lowest BCUT2D eigenvalue weighted by atomic mass is 10.1. The van der Waals surface area contributed by atoms with E-state index in [1.165, 1.54) is 37.8 Å². The first-order chi connectivity index (χ1) is 17.0. The third-order valence-electron chi connectivity index (χ3n) is 5.98. The molecule has 0 aliphatic carbocycles. The molecule has 0 radical (unpaired) electrons. The third kappa shape index (κ3) is 3.47. The van der Waals surface area contributed by atoms with Crippen molar-refractivity contribution >= 4 is 53.8 Å². The van der Waals surface area contributed by atoms with Crippen molar-refractivity contribution in [2.45, 2.75) is 4.90 Å². The van der Waals surface area contributed by atoms with E-state index < -0.39 is 21.5 Å². The van der Waals surface area contributed by atoms with Crippen LogP contribution in [0.4, 0.5) is 0 Å². The molecule has 0 bridgehead atoms. The average molecular weight is 569 g/mol. The molecule has 1 aromatic carbocycles. The maximum Gasteiger partial charge on any atom is 0.269 e. The van der Waals surface area contributed by atoms with Gasteiger partial charge in [0.1, 0.15) is 5.56 Å². The van der Waals surface area contributed by atoms with Gasteiger partial charge in [-0.2, -0.15) is 5.10 Å². The summed E-state index contributed by atoms with van der Waals surface area (Å²) in [6.45, 7) is 0. The zero-order valence-electron chi connectivity index (χ0n) is 19.8. The van der Waals surface area contributed by atoms with Crippen LogP contribution in [0.1, 0.15) is 10.4 Å². The van der Waals surface area contributed by atoms with Crippen molar-refractivity contribution < 1.29 is 13.2 Å². The maximum absolute atomic E-state index is 13.9.